The van der Waals surface area contributed by atoms with Gasteiger partial charge in [-0.1, -0.05) is 39.5 Å². The molecule has 1 saturated carbocycles. The van der Waals surface area contributed by atoms with E-state index in [0.717, 1.165) is 6.04 Å². The Hall–Kier alpha value is -0.0800. The van der Waals surface area contributed by atoms with Crippen molar-refractivity contribution >= 4 is 0 Å². The fourth-order valence-corrected chi connectivity index (χ4v) is 3.68. The lowest BCUT2D eigenvalue weighted by Gasteiger charge is -2.42. The van der Waals surface area contributed by atoms with Gasteiger partial charge in [0.15, 0.2) is 0 Å². The van der Waals surface area contributed by atoms with Gasteiger partial charge in [0.1, 0.15) is 0 Å². The molecule has 2 aliphatic rings. The fourth-order valence-electron chi connectivity index (χ4n) is 3.68. The van der Waals surface area contributed by atoms with Crippen molar-refractivity contribution in [1.82, 2.24) is 10.2 Å². The van der Waals surface area contributed by atoms with Crippen LogP contribution in [0.4, 0.5) is 0 Å². The third-order valence-electron chi connectivity index (χ3n) is 4.64. The molecule has 0 aromatic rings. The summed E-state index contributed by atoms with van der Waals surface area (Å²) in [5.74, 6) is 0. The Morgan fingerprint density at radius 3 is 2.71 bits per heavy atom. The van der Waals surface area contributed by atoms with E-state index in [1.165, 1.54) is 71.1 Å². The molecule has 2 rings (SSSR count). The molecule has 0 bridgehead atoms. The van der Waals surface area contributed by atoms with E-state index in [4.69, 9.17) is 0 Å². The largest absolute Gasteiger partial charge is 0.311 e. The van der Waals surface area contributed by atoms with Gasteiger partial charge in [0.05, 0.1) is 0 Å². The molecule has 17 heavy (non-hydrogen) atoms. The number of hydrogen-bond acceptors (Lipinski definition) is 2. The molecule has 1 N–H and O–H groups in total. The molecule has 2 fully saturated rings. The molecule has 0 amide bonds. The summed E-state index contributed by atoms with van der Waals surface area (Å²) >= 11 is 0. The van der Waals surface area contributed by atoms with Crippen LogP contribution in [0.5, 0.6) is 0 Å². The van der Waals surface area contributed by atoms with E-state index in [9.17, 15) is 0 Å². The van der Waals surface area contributed by atoms with Gasteiger partial charge >= 0.3 is 0 Å². The van der Waals surface area contributed by atoms with Crippen LogP contribution in [-0.4, -0.2) is 37.1 Å². The summed E-state index contributed by atoms with van der Waals surface area (Å²) in [4.78, 5) is 2.72. The molecular formula is C15H30N2. The van der Waals surface area contributed by atoms with Gasteiger partial charge < -0.3 is 5.32 Å². The van der Waals surface area contributed by atoms with E-state index in [-0.39, 0.29) is 0 Å². The van der Waals surface area contributed by atoms with Gasteiger partial charge in [0, 0.05) is 32.2 Å². The summed E-state index contributed by atoms with van der Waals surface area (Å²) in [5, 5.41) is 3.66. The van der Waals surface area contributed by atoms with Crippen molar-refractivity contribution in [2.75, 3.05) is 26.2 Å². The van der Waals surface area contributed by atoms with Crippen molar-refractivity contribution in [3.05, 3.63) is 0 Å². The first-order valence-corrected chi connectivity index (χ1v) is 7.68. The lowest BCUT2D eigenvalue weighted by atomic mass is 9.75. The maximum atomic E-state index is 3.66. The second-order valence-corrected chi connectivity index (χ2v) is 6.55. The number of rotatable bonds is 4. The van der Waals surface area contributed by atoms with E-state index in [1.807, 2.05) is 0 Å². The molecule has 0 radical (unpaired) electrons. The van der Waals surface area contributed by atoms with Crippen LogP contribution in [0.15, 0.2) is 0 Å². The van der Waals surface area contributed by atoms with Crippen molar-refractivity contribution in [1.29, 1.82) is 0 Å². The normalized spacial score (nSPS) is 30.4. The molecule has 2 nitrogen and oxygen atoms in total. The number of nitrogens with zero attached hydrogens (tertiary/aromatic N) is 1. The Morgan fingerprint density at radius 1 is 1.24 bits per heavy atom. The van der Waals surface area contributed by atoms with Crippen LogP contribution < -0.4 is 5.32 Å². The summed E-state index contributed by atoms with van der Waals surface area (Å²) in [6, 6.07) is 0.751. The Morgan fingerprint density at radius 2 is 2.00 bits per heavy atom. The molecule has 1 aliphatic carbocycles. The average Bonchev–Trinajstić information content (AvgIpc) is 2.30. The third-order valence-corrected chi connectivity index (χ3v) is 4.64. The van der Waals surface area contributed by atoms with Crippen LogP contribution in [0.1, 0.15) is 58.8 Å². The van der Waals surface area contributed by atoms with Crippen molar-refractivity contribution in [2.45, 2.75) is 64.8 Å². The summed E-state index contributed by atoms with van der Waals surface area (Å²) in [7, 11) is 0. The molecule has 0 spiro atoms. The second kappa shape index (κ2) is 6.19. The van der Waals surface area contributed by atoms with Crippen LogP contribution >= 0.6 is 0 Å². The minimum Gasteiger partial charge on any atom is -0.311 e. The standard InChI is InChI=1S/C15H30N2/c1-3-7-14-12-17(11-10-16-14)13-15(2)8-5-4-6-9-15/h14,16H,3-13H2,1-2H3. The number of nitrogens with one attached hydrogen (secondary N) is 1. The Labute approximate surface area is 107 Å². The molecule has 1 saturated heterocycles. The maximum absolute atomic E-state index is 3.66. The Balaban J connectivity index is 1.81. The first-order chi connectivity index (χ1) is 8.22. The highest BCUT2D eigenvalue weighted by atomic mass is 15.2. The Bertz CT molecular complexity index is 219. The smallest absolute Gasteiger partial charge is 0.0195 e. The molecule has 1 aliphatic heterocycles. The minimum absolute atomic E-state index is 0.617. The summed E-state index contributed by atoms with van der Waals surface area (Å²) < 4.78 is 0. The summed E-state index contributed by atoms with van der Waals surface area (Å²) in [6.07, 6.45) is 9.94. The zero-order chi connectivity index (χ0) is 12.1. The van der Waals surface area contributed by atoms with E-state index < -0.39 is 0 Å². The van der Waals surface area contributed by atoms with E-state index in [0.29, 0.717) is 5.41 Å². The van der Waals surface area contributed by atoms with Crippen LogP contribution in [-0.2, 0) is 0 Å². The van der Waals surface area contributed by atoms with Crippen LogP contribution in [0, 0.1) is 5.41 Å². The molecule has 1 heterocycles. The zero-order valence-corrected chi connectivity index (χ0v) is 11.8. The minimum atomic E-state index is 0.617. The molecule has 2 heteroatoms. The van der Waals surface area contributed by atoms with Gasteiger partial charge in [-0.05, 0) is 24.7 Å². The van der Waals surface area contributed by atoms with E-state index >= 15 is 0 Å². The van der Waals surface area contributed by atoms with Gasteiger partial charge in [-0.15, -0.1) is 0 Å². The Kier molecular flexibility index (Phi) is 4.87. The SMILES string of the molecule is CCCC1CN(CC2(C)CCCCC2)CCN1. The quantitative estimate of drug-likeness (QED) is 0.810. The van der Waals surface area contributed by atoms with E-state index in [1.54, 1.807) is 0 Å². The topological polar surface area (TPSA) is 15.3 Å². The highest BCUT2D eigenvalue weighted by Crippen LogP contribution is 2.36. The van der Waals surface area contributed by atoms with Gasteiger partial charge in [-0.25, -0.2) is 0 Å². The average molecular weight is 238 g/mol. The highest BCUT2D eigenvalue weighted by Gasteiger charge is 2.30. The lowest BCUT2D eigenvalue weighted by Crippen LogP contribution is -2.53. The first kappa shape index (κ1) is 13.4. The predicted molar refractivity (Wildman–Crippen MR) is 74.3 cm³/mol. The first-order valence-electron chi connectivity index (χ1n) is 7.68. The highest BCUT2D eigenvalue weighted by molar-refractivity contribution is 4.86. The van der Waals surface area contributed by atoms with E-state index in [2.05, 4.69) is 24.1 Å². The molecule has 100 valence electrons. The van der Waals surface area contributed by atoms with Crippen molar-refractivity contribution < 1.29 is 0 Å². The predicted octanol–water partition coefficient (Wildman–Crippen LogP) is 3.03. The molecule has 0 aromatic heterocycles. The summed E-state index contributed by atoms with van der Waals surface area (Å²) in [5.41, 5.74) is 0.617. The molecule has 0 aromatic carbocycles. The van der Waals surface area contributed by atoms with Crippen LogP contribution in [0.25, 0.3) is 0 Å². The van der Waals surface area contributed by atoms with Crippen LogP contribution in [0.3, 0.4) is 0 Å². The number of hydrogen-bond donors (Lipinski definition) is 1. The van der Waals surface area contributed by atoms with Crippen molar-refractivity contribution in [3.63, 3.8) is 0 Å². The van der Waals surface area contributed by atoms with Gasteiger partial charge in [-0.3, -0.25) is 4.90 Å². The summed E-state index contributed by atoms with van der Waals surface area (Å²) in [6.45, 7) is 9.89. The second-order valence-electron chi connectivity index (χ2n) is 6.55. The molecular weight excluding hydrogens is 208 g/mol. The third kappa shape index (κ3) is 3.96. The lowest BCUT2D eigenvalue weighted by molar-refractivity contribution is 0.0957. The van der Waals surface area contributed by atoms with Gasteiger partial charge in [0.2, 0.25) is 0 Å². The zero-order valence-electron chi connectivity index (χ0n) is 11.8. The van der Waals surface area contributed by atoms with Gasteiger partial charge in [-0.2, -0.15) is 0 Å². The molecule has 1 atom stereocenters. The maximum Gasteiger partial charge on any atom is 0.0195 e. The molecule has 1 unspecified atom stereocenters. The van der Waals surface area contributed by atoms with Crippen LogP contribution in [0.2, 0.25) is 0 Å². The van der Waals surface area contributed by atoms with Crippen molar-refractivity contribution in [3.8, 4) is 0 Å². The van der Waals surface area contributed by atoms with Gasteiger partial charge in [0.25, 0.3) is 0 Å². The monoisotopic (exact) mass is 238 g/mol. The van der Waals surface area contributed by atoms with Crippen molar-refractivity contribution in [2.24, 2.45) is 5.41 Å². The number of piperazine rings is 1. The fraction of sp³-hybridized carbons (Fsp3) is 1.00.